The van der Waals surface area contributed by atoms with E-state index in [1.165, 1.54) is 12.1 Å². The Labute approximate surface area is 152 Å². The van der Waals surface area contributed by atoms with Crippen molar-refractivity contribution in [2.24, 2.45) is 0 Å². The van der Waals surface area contributed by atoms with Gasteiger partial charge in [-0.3, -0.25) is 0 Å². The molecule has 0 fully saturated rings. The van der Waals surface area contributed by atoms with Gasteiger partial charge in [0, 0.05) is 11.6 Å². The molecule has 1 atom stereocenters. The molecule has 0 radical (unpaired) electrons. The van der Waals surface area contributed by atoms with E-state index in [0.29, 0.717) is 11.1 Å². The van der Waals surface area contributed by atoms with Crippen LogP contribution in [0.2, 0.25) is 0 Å². The van der Waals surface area contributed by atoms with Gasteiger partial charge in [-0.25, -0.2) is 18.4 Å². The van der Waals surface area contributed by atoms with Gasteiger partial charge >= 0.3 is 11.3 Å². The minimum atomic E-state index is -4.90. The quantitative estimate of drug-likeness (QED) is 0.401. The van der Waals surface area contributed by atoms with Crippen LogP contribution in [0.4, 0.5) is 26.3 Å². The summed E-state index contributed by atoms with van der Waals surface area (Å²) >= 11 is 2.36. The van der Waals surface area contributed by atoms with Gasteiger partial charge in [-0.1, -0.05) is 0 Å². The van der Waals surface area contributed by atoms with Crippen molar-refractivity contribution >= 4 is 22.8 Å². The molecule has 1 unspecified atom stereocenters. The molecule has 144 valence electrons. The van der Waals surface area contributed by atoms with Gasteiger partial charge in [-0.15, -0.1) is 5.10 Å². The van der Waals surface area contributed by atoms with Crippen LogP contribution in [0.25, 0.3) is 5.69 Å². The van der Waals surface area contributed by atoms with Gasteiger partial charge in [0.25, 0.3) is 6.43 Å². The molecule has 0 saturated carbocycles. The van der Waals surface area contributed by atoms with Crippen molar-refractivity contribution in [3.05, 3.63) is 35.4 Å². The molecule has 0 spiro atoms. The van der Waals surface area contributed by atoms with E-state index in [1.54, 1.807) is 13.8 Å². The first-order chi connectivity index (χ1) is 11.8. The molecular weight excluding hydrogens is 408 g/mol. The number of hydrogen-bond acceptors (Lipinski definition) is 3. The number of halogens is 7. The smallest absolute Gasteiger partial charge is 0.391 e. The maximum atomic E-state index is 13.6. The van der Waals surface area contributed by atoms with Gasteiger partial charge in [0.1, 0.15) is 6.33 Å². The maximum absolute atomic E-state index is 13.6. The first-order valence-corrected chi connectivity index (χ1v) is 8.69. The van der Waals surface area contributed by atoms with Crippen molar-refractivity contribution in [1.82, 2.24) is 14.8 Å². The average Bonchev–Trinajstić information content (AvgIpc) is 2.95. The monoisotopic (exact) mass is 419 g/mol. The summed E-state index contributed by atoms with van der Waals surface area (Å²) in [4.78, 5) is 3.21. The molecule has 0 saturated heterocycles. The van der Waals surface area contributed by atoms with Crippen molar-refractivity contribution < 1.29 is 30.9 Å². The molecule has 12 heteroatoms. The number of alkyl halides is 7. The molecule has 0 aliphatic heterocycles. The van der Waals surface area contributed by atoms with Crippen LogP contribution in [-0.4, -0.2) is 36.9 Å². The van der Waals surface area contributed by atoms with Crippen LogP contribution >= 0.6 is 11.6 Å². The summed E-state index contributed by atoms with van der Waals surface area (Å²) in [6.45, 7) is 3.10. The van der Waals surface area contributed by atoms with E-state index in [-0.39, 0.29) is 10.6 Å². The first kappa shape index (κ1) is 20.8. The normalized spacial score (nSPS) is 14.1. The predicted octanol–water partition coefficient (Wildman–Crippen LogP) is 4.18. The molecule has 1 heterocycles. The molecule has 2 aromatic rings. The number of aryl methyl sites for hydroxylation is 2. The second-order valence-corrected chi connectivity index (χ2v) is 7.33. The highest BCUT2D eigenvalue weighted by Gasteiger charge is 2.59. The van der Waals surface area contributed by atoms with Crippen molar-refractivity contribution in [1.29, 1.82) is 0 Å². The highest BCUT2D eigenvalue weighted by atomic mass is 35.5. The summed E-state index contributed by atoms with van der Waals surface area (Å²) < 4.78 is 90.5. The Balaban J connectivity index is 2.47. The second-order valence-electron chi connectivity index (χ2n) is 5.39. The fourth-order valence-electron chi connectivity index (χ4n) is 2.17. The summed E-state index contributed by atoms with van der Waals surface area (Å²) in [6, 6.07) is 2.71. The van der Waals surface area contributed by atoms with Gasteiger partial charge in [0.05, 0.1) is 5.69 Å². The van der Waals surface area contributed by atoms with Gasteiger partial charge in [0.15, 0.2) is 10.6 Å². The first-order valence-electron chi connectivity index (χ1n) is 6.99. The number of aromatic nitrogens is 3. The fraction of sp³-hybridized carbons (Fsp3) is 0.429. The van der Waals surface area contributed by atoms with E-state index in [2.05, 4.69) is 21.7 Å². The number of rotatable bonds is 6. The van der Waals surface area contributed by atoms with Crippen LogP contribution in [0.1, 0.15) is 17.0 Å². The van der Waals surface area contributed by atoms with Crippen LogP contribution in [0, 0.1) is 13.8 Å². The third kappa shape index (κ3) is 4.09. The standard InChI is InChI=1S/C14H12ClF6N3OS/c1-7-3-8(2)10(26(25)5-11(16)17)4-9(7)24-6-22-12(23-24)13(18,19)14(15,20)21/h3-4,6,11H,5H2,1-2H3. The summed E-state index contributed by atoms with van der Waals surface area (Å²) in [5, 5.41) is -1.58. The van der Waals surface area contributed by atoms with Crippen molar-refractivity contribution in [2.75, 3.05) is 5.75 Å². The molecule has 0 aliphatic rings. The Bertz CT molecular complexity index is 795. The minimum absolute atomic E-state index is 0.0531. The van der Waals surface area contributed by atoms with E-state index < -0.39 is 40.5 Å². The molecular formula is C14H12ClF6N3OS. The minimum Gasteiger partial charge on any atom is -0.611 e. The lowest BCUT2D eigenvalue weighted by molar-refractivity contribution is -0.169. The summed E-state index contributed by atoms with van der Waals surface area (Å²) in [5.41, 5.74) is 0.988. The van der Waals surface area contributed by atoms with Crippen LogP contribution in [0.3, 0.4) is 0 Å². The van der Waals surface area contributed by atoms with Gasteiger partial charge in [-0.2, -0.15) is 17.6 Å². The third-order valence-electron chi connectivity index (χ3n) is 3.39. The van der Waals surface area contributed by atoms with Crippen molar-refractivity contribution in [2.45, 2.75) is 36.5 Å². The Morgan fingerprint density at radius 2 is 1.81 bits per heavy atom. The van der Waals surface area contributed by atoms with Gasteiger partial charge in [0.2, 0.25) is 5.82 Å². The van der Waals surface area contributed by atoms with E-state index in [1.807, 2.05) is 0 Å². The summed E-state index contributed by atoms with van der Waals surface area (Å²) in [6.07, 6.45) is -2.05. The van der Waals surface area contributed by atoms with E-state index in [0.717, 1.165) is 11.0 Å². The number of hydrogen-bond donors (Lipinski definition) is 0. The molecule has 2 rings (SSSR count). The average molecular weight is 420 g/mol. The Morgan fingerprint density at radius 3 is 2.35 bits per heavy atom. The summed E-state index contributed by atoms with van der Waals surface area (Å²) in [5.74, 6) is -7.23. The predicted molar refractivity (Wildman–Crippen MR) is 82.8 cm³/mol. The van der Waals surface area contributed by atoms with Crippen LogP contribution in [0.15, 0.2) is 23.4 Å². The Morgan fingerprint density at radius 1 is 1.19 bits per heavy atom. The third-order valence-corrected chi connectivity index (χ3v) is 5.11. The zero-order valence-electron chi connectivity index (χ0n) is 13.3. The van der Waals surface area contributed by atoms with Gasteiger partial charge in [-0.05, 0) is 48.3 Å². The molecule has 0 bridgehead atoms. The molecule has 4 nitrogen and oxygen atoms in total. The highest BCUT2D eigenvalue weighted by Crippen LogP contribution is 2.44. The largest absolute Gasteiger partial charge is 0.611 e. The van der Waals surface area contributed by atoms with E-state index in [9.17, 15) is 30.9 Å². The summed E-state index contributed by atoms with van der Waals surface area (Å²) in [7, 11) is 0. The zero-order chi connectivity index (χ0) is 19.9. The fourth-order valence-corrected chi connectivity index (χ4v) is 3.32. The molecule has 0 amide bonds. The van der Waals surface area contributed by atoms with Crippen molar-refractivity contribution in [3.63, 3.8) is 0 Å². The SMILES string of the molecule is Cc1cc(C)c([S+]([O-])CC(F)F)cc1-n1cnc(C(F)(F)C(F)(F)Cl)n1. The Kier molecular flexibility index (Phi) is 5.83. The lowest BCUT2D eigenvalue weighted by atomic mass is 10.1. The molecule has 26 heavy (non-hydrogen) atoms. The van der Waals surface area contributed by atoms with Crippen LogP contribution in [0.5, 0.6) is 0 Å². The van der Waals surface area contributed by atoms with E-state index >= 15 is 0 Å². The lowest BCUT2D eigenvalue weighted by Crippen LogP contribution is -2.34. The highest BCUT2D eigenvalue weighted by molar-refractivity contribution is 7.91. The Hall–Kier alpha value is -1.46. The number of nitrogens with zero attached hydrogens (tertiary/aromatic N) is 3. The molecule has 0 N–H and O–H groups in total. The van der Waals surface area contributed by atoms with Crippen LogP contribution < -0.4 is 0 Å². The number of benzene rings is 1. The molecule has 1 aromatic heterocycles. The van der Waals surface area contributed by atoms with Crippen LogP contribution in [-0.2, 0) is 17.1 Å². The zero-order valence-corrected chi connectivity index (χ0v) is 14.9. The molecule has 1 aromatic carbocycles. The topological polar surface area (TPSA) is 53.8 Å². The maximum Gasteiger partial charge on any atom is 0.391 e. The second kappa shape index (κ2) is 7.28. The van der Waals surface area contributed by atoms with Crippen molar-refractivity contribution in [3.8, 4) is 5.69 Å². The van der Waals surface area contributed by atoms with E-state index in [4.69, 9.17) is 0 Å². The molecule has 0 aliphatic carbocycles. The lowest BCUT2D eigenvalue weighted by Gasteiger charge is -2.17. The van der Waals surface area contributed by atoms with Gasteiger partial charge < -0.3 is 4.55 Å².